The number of nitrogens with zero attached hydrogens (tertiary/aromatic N) is 1. The highest BCUT2D eigenvalue weighted by molar-refractivity contribution is 7.12. The van der Waals surface area contributed by atoms with E-state index in [-0.39, 0.29) is 24.8 Å². The summed E-state index contributed by atoms with van der Waals surface area (Å²) in [5.74, 6) is 0. The molecule has 0 aromatic carbocycles. The minimum Gasteiger partial charge on any atom is -0.312 e. The quantitative estimate of drug-likeness (QED) is 0.895. The summed E-state index contributed by atoms with van der Waals surface area (Å²) in [4.78, 5) is 5.72. The van der Waals surface area contributed by atoms with Crippen LogP contribution in [0.3, 0.4) is 0 Å². The highest BCUT2D eigenvalue weighted by atomic mass is 35.5. The predicted octanol–water partition coefficient (Wildman–Crippen LogP) is 2.44. The number of nitrogens with one attached hydrogen (secondary N) is 1. The molecule has 0 bridgehead atoms. The molecular formula is C11H18Cl2N2S. The van der Waals surface area contributed by atoms with Crippen LogP contribution >= 0.6 is 36.2 Å². The Morgan fingerprint density at radius 1 is 1.31 bits per heavy atom. The fourth-order valence-corrected chi connectivity index (χ4v) is 3.38. The fraction of sp³-hybridized carbons (Fsp3) is 0.636. The zero-order valence-corrected chi connectivity index (χ0v) is 11.6. The molecule has 3 rings (SSSR count). The first-order valence-electron chi connectivity index (χ1n) is 5.45. The van der Waals surface area contributed by atoms with E-state index in [4.69, 9.17) is 0 Å². The number of hydrogen-bond donors (Lipinski definition) is 1. The second-order valence-electron chi connectivity index (χ2n) is 4.22. The average molecular weight is 281 g/mol. The van der Waals surface area contributed by atoms with Crippen molar-refractivity contribution in [2.45, 2.75) is 25.9 Å². The Labute approximate surface area is 113 Å². The Morgan fingerprint density at radius 3 is 2.75 bits per heavy atom. The van der Waals surface area contributed by atoms with E-state index in [0.29, 0.717) is 0 Å². The first-order chi connectivity index (χ1) is 6.92. The highest BCUT2D eigenvalue weighted by Gasteiger charge is 2.17. The molecule has 0 atom stereocenters. The van der Waals surface area contributed by atoms with Crippen LogP contribution < -0.4 is 5.32 Å². The van der Waals surface area contributed by atoms with Gasteiger partial charge in [-0.1, -0.05) is 0 Å². The monoisotopic (exact) mass is 280 g/mol. The third kappa shape index (κ3) is 2.90. The number of thiophene rings is 1. The third-order valence-corrected chi connectivity index (χ3v) is 4.34. The average Bonchev–Trinajstić information content (AvgIpc) is 2.53. The summed E-state index contributed by atoms with van der Waals surface area (Å²) in [6, 6.07) is 2.41. The molecule has 0 aliphatic carbocycles. The smallest absolute Gasteiger partial charge is 0.0328 e. The molecule has 0 unspecified atom stereocenters. The Bertz CT molecular complexity index is 313. The van der Waals surface area contributed by atoms with Gasteiger partial charge in [-0.25, -0.2) is 0 Å². The minimum atomic E-state index is 0. The third-order valence-electron chi connectivity index (χ3n) is 3.12. The lowest BCUT2D eigenvalue weighted by atomic mass is 10.1. The first kappa shape index (κ1) is 14.3. The zero-order valence-electron chi connectivity index (χ0n) is 9.20. The van der Waals surface area contributed by atoms with Gasteiger partial charge in [-0.05, 0) is 37.6 Å². The number of rotatable bonds is 2. The predicted molar refractivity (Wildman–Crippen MR) is 74.1 cm³/mol. The van der Waals surface area contributed by atoms with Gasteiger partial charge in [-0.2, -0.15) is 0 Å². The van der Waals surface area contributed by atoms with Gasteiger partial charge in [0.05, 0.1) is 0 Å². The van der Waals surface area contributed by atoms with Gasteiger partial charge in [0.15, 0.2) is 0 Å². The second-order valence-corrected chi connectivity index (χ2v) is 5.44. The van der Waals surface area contributed by atoms with E-state index in [1.165, 1.54) is 32.5 Å². The van der Waals surface area contributed by atoms with Crippen molar-refractivity contribution in [1.82, 2.24) is 10.2 Å². The standard InChI is InChI=1S/C11H16N2S.2ClH/c1-4-13(5-1)8-10-6-9-7-12-3-2-11(9)14-10;;/h6,12H,1-5,7-8H2;2*1H. The van der Waals surface area contributed by atoms with Crippen molar-refractivity contribution in [2.75, 3.05) is 19.6 Å². The summed E-state index contributed by atoms with van der Waals surface area (Å²) in [6.07, 6.45) is 2.63. The molecule has 0 radical (unpaired) electrons. The van der Waals surface area contributed by atoms with Crippen LogP contribution in [0.25, 0.3) is 0 Å². The molecule has 1 fully saturated rings. The molecule has 2 aliphatic rings. The van der Waals surface area contributed by atoms with Crippen molar-refractivity contribution >= 4 is 36.2 Å². The maximum Gasteiger partial charge on any atom is 0.0328 e. The number of likely N-dealkylation sites (tertiary alicyclic amines) is 1. The maximum atomic E-state index is 3.43. The van der Waals surface area contributed by atoms with E-state index in [9.17, 15) is 0 Å². The summed E-state index contributed by atoms with van der Waals surface area (Å²) in [5.41, 5.74) is 1.55. The Hall–Kier alpha value is 0.200. The van der Waals surface area contributed by atoms with Crippen molar-refractivity contribution in [3.05, 3.63) is 21.4 Å². The van der Waals surface area contributed by atoms with Crippen LogP contribution in [0.4, 0.5) is 0 Å². The van der Waals surface area contributed by atoms with Gasteiger partial charge in [0.25, 0.3) is 0 Å². The molecule has 0 amide bonds. The van der Waals surface area contributed by atoms with Gasteiger partial charge < -0.3 is 5.32 Å². The highest BCUT2D eigenvalue weighted by Crippen LogP contribution is 2.27. The van der Waals surface area contributed by atoms with Gasteiger partial charge in [-0.3, -0.25) is 4.90 Å². The largest absolute Gasteiger partial charge is 0.312 e. The summed E-state index contributed by atoms with van der Waals surface area (Å²) in [6.45, 7) is 6.06. The molecule has 1 N–H and O–H groups in total. The number of halogens is 2. The van der Waals surface area contributed by atoms with E-state index < -0.39 is 0 Å². The van der Waals surface area contributed by atoms with Crippen LogP contribution in [0.5, 0.6) is 0 Å². The second kappa shape index (κ2) is 6.22. The van der Waals surface area contributed by atoms with Gasteiger partial charge in [-0.15, -0.1) is 36.2 Å². The molecule has 0 saturated carbocycles. The molecule has 2 aliphatic heterocycles. The normalized spacial score (nSPS) is 19.0. The van der Waals surface area contributed by atoms with Crippen molar-refractivity contribution < 1.29 is 0 Å². The molecule has 2 nitrogen and oxygen atoms in total. The van der Waals surface area contributed by atoms with E-state index in [1.807, 2.05) is 11.3 Å². The fourth-order valence-electron chi connectivity index (χ4n) is 2.15. The summed E-state index contributed by atoms with van der Waals surface area (Å²) >= 11 is 2.03. The summed E-state index contributed by atoms with van der Waals surface area (Å²) < 4.78 is 0. The van der Waals surface area contributed by atoms with E-state index in [0.717, 1.165) is 13.1 Å². The molecule has 0 spiro atoms. The van der Waals surface area contributed by atoms with Crippen molar-refractivity contribution in [2.24, 2.45) is 0 Å². The lowest BCUT2D eigenvalue weighted by Crippen LogP contribution is -2.35. The minimum absolute atomic E-state index is 0. The van der Waals surface area contributed by atoms with Crippen LogP contribution in [-0.2, 0) is 19.5 Å². The SMILES string of the molecule is Cl.Cl.c1c(CN2CCC2)sc2c1CNCC2. The summed E-state index contributed by atoms with van der Waals surface area (Å²) in [7, 11) is 0. The van der Waals surface area contributed by atoms with Crippen molar-refractivity contribution in [3.63, 3.8) is 0 Å². The van der Waals surface area contributed by atoms with E-state index in [2.05, 4.69) is 16.3 Å². The van der Waals surface area contributed by atoms with Crippen LogP contribution in [0.1, 0.15) is 21.7 Å². The van der Waals surface area contributed by atoms with Gasteiger partial charge >= 0.3 is 0 Å². The van der Waals surface area contributed by atoms with E-state index in [1.54, 1.807) is 15.3 Å². The molecule has 5 heteroatoms. The molecule has 3 heterocycles. The molecular weight excluding hydrogens is 263 g/mol. The van der Waals surface area contributed by atoms with Gasteiger partial charge in [0.1, 0.15) is 0 Å². The van der Waals surface area contributed by atoms with Crippen LogP contribution in [0.2, 0.25) is 0 Å². The Balaban J connectivity index is 0.000000640. The van der Waals surface area contributed by atoms with E-state index >= 15 is 0 Å². The zero-order chi connectivity index (χ0) is 9.38. The Kier molecular flexibility index (Phi) is 5.54. The summed E-state index contributed by atoms with van der Waals surface area (Å²) in [5, 5.41) is 3.43. The lowest BCUT2D eigenvalue weighted by Gasteiger charge is -2.29. The first-order valence-corrected chi connectivity index (χ1v) is 6.27. The van der Waals surface area contributed by atoms with Crippen LogP contribution in [0, 0.1) is 0 Å². The maximum absolute atomic E-state index is 3.43. The molecule has 1 aromatic rings. The number of hydrogen-bond acceptors (Lipinski definition) is 3. The van der Waals surface area contributed by atoms with Gasteiger partial charge in [0.2, 0.25) is 0 Å². The van der Waals surface area contributed by atoms with Gasteiger partial charge in [0, 0.05) is 29.4 Å². The van der Waals surface area contributed by atoms with Crippen LogP contribution in [0.15, 0.2) is 6.07 Å². The molecule has 1 aromatic heterocycles. The van der Waals surface area contributed by atoms with Crippen LogP contribution in [-0.4, -0.2) is 24.5 Å². The lowest BCUT2D eigenvalue weighted by molar-refractivity contribution is 0.174. The molecule has 1 saturated heterocycles. The topological polar surface area (TPSA) is 15.3 Å². The Morgan fingerprint density at radius 2 is 2.12 bits per heavy atom. The molecule has 92 valence electrons. The number of fused-ring (bicyclic) bond motifs is 1. The van der Waals surface area contributed by atoms with Crippen molar-refractivity contribution in [3.8, 4) is 0 Å². The molecule has 16 heavy (non-hydrogen) atoms. The van der Waals surface area contributed by atoms with Crippen molar-refractivity contribution in [1.29, 1.82) is 0 Å².